The van der Waals surface area contributed by atoms with Gasteiger partial charge in [0.05, 0.1) is 12.2 Å². The number of carbonyl (C=O) groups is 11. The normalized spacial score (nSPS) is 22.8. The minimum atomic E-state index is -1.70. The van der Waals surface area contributed by atoms with Gasteiger partial charge >= 0.3 is 0 Å². The predicted molar refractivity (Wildman–Crippen MR) is 321 cm³/mol. The van der Waals surface area contributed by atoms with Crippen molar-refractivity contribution < 1.29 is 63.0 Å². The van der Waals surface area contributed by atoms with Crippen LogP contribution >= 0.6 is 0 Å². The van der Waals surface area contributed by atoms with Gasteiger partial charge in [0, 0.05) is 19.4 Å². The van der Waals surface area contributed by atoms with Gasteiger partial charge in [-0.3, -0.25) is 52.7 Å². The number of amides is 11. The quantitative estimate of drug-likeness (QED) is 0.0334. The van der Waals surface area contributed by atoms with E-state index in [0.29, 0.717) is 17.9 Å². The number of rotatable bonds is 29. The van der Waals surface area contributed by atoms with E-state index in [-0.39, 0.29) is 90.0 Å². The molecule has 0 saturated carbocycles. The van der Waals surface area contributed by atoms with Crippen LogP contribution in [0.3, 0.4) is 0 Å². The van der Waals surface area contributed by atoms with Gasteiger partial charge in [0.25, 0.3) is 0 Å². The summed E-state index contributed by atoms with van der Waals surface area (Å²) in [4.78, 5) is 154. The first kappa shape index (κ1) is 75.2. The van der Waals surface area contributed by atoms with E-state index in [1.807, 2.05) is 6.92 Å². The van der Waals surface area contributed by atoms with Crippen LogP contribution in [0.25, 0.3) is 0 Å². The lowest BCUT2D eigenvalue weighted by Gasteiger charge is -2.29. The van der Waals surface area contributed by atoms with Crippen molar-refractivity contribution >= 4 is 65.0 Å². The fourth-order valence-electron chi connectivity index (χ4n) is 9.23. The Balaban J connectivity index is 2.69. The molecule has 29 nitrogen and oxygen atoms in total. The molecule has 0 unspecified atom stereocenters. The molecule has 11 amide bonds. The van der Waals surface area contributed by atoms with E-state index in [1.165, 1.54) is 13.8 Å². The fourth-order valence-corrected chi connectivity index (χ4v) is 9.23. The van der Waals surface area contributed by atoms with Crippen LogP contribution in [-0.2, 0) is 59.2 Å². The molecule has 0 aromatic heterocycles. The summed E-state index contributed by atoms with van der Waals surface area (Å²) < 4.78 is 0. The number of aliphatic hydroxyl groups excluding tert-OH is 2. The first-order chi connectivity index (χ1) is 40.7. The molecule has 23 N–H and O–H groups in total. The molecule has 1 fully saturated rings. The number of carbonyl (C=O) groups excluding carboxylic acids is 11. The third-order valence-corrected chi connectivity index (χ3v) is 14.5. The van der Waals surface area contributed by atoms with Gasteiger partial charge in [-0.15, -0.1) is 0 Å². The van der Waals surface area contributed by atoms with Gasteiger partial charge in [-0.05, 0) is 122 Å². The third kappa shape index (κ3) is 26.8. The van der Waals surface area contributed by atoms with Gasteiger partial charge < -0.3 is 97.4 Å². The number of hydrogen-bond acceptors (Lipinski definition) is 18. The van der Waals surface area contributed by atoms with Crippen LogP contribution in [0.2, 0.25) is 0 Å². The Morgan fingerprint density at radius 1 is 0.570 bits per heavy atom. The molecule has 0 aliphatic carbocycles. The molecule has 0 spiro atoms. The first-order valence-electron chi connectivity index (χ1n) is 30.0. The van der Waals surface area contributed by atoms with E-state index in [4.69, 9.17) is 28.7 Å². The zero-order valence-corrected chi connectivity index (χ0v) is 51.1. The first-order valence-corrected chi connectivity index (χ1v) is 30.0. The van der Waals surface area contributed by atoms with E-state index in [2.05, 4.69) is 72.3 Å². The molecule has 86 heavy (non-hydrogen) atoms. The van der Waals surface area contributed by atoms with E-state index in [9.17, 15) is 63.0 Å². The summed E-state index contributed by atoms with van der Waals surface area (Å²) in [6, 6.07) is -7.75. The smallest absolute Gasteiger partial charge is 0.245 e. The summed E-state index contributed by atoms with van der Waals surface area (Å²) >= 11 is 0. The summed E-state index contributed by atoms with van der Waals surface area (Å²) in [6.45, 7) is 10.9. The van der Waals surface area contributed by atoms with Crippen LogP contribution in [0, 0.1) is 18.8 Å². The molecule has 1 aromatic carbocycles. The Hall–Kier alpha value is -6.89. The number of nitrogens with one attached hydrogen (secondary N) is 11. The van der Waals surface area contributed by atoms with Crippen LogP contribution < -0.4 is 87.2 Å². The maximum atomic E-state index is 14.6. The molecular formula is C57H100N16O13. The molecule has 486 valence electrons. The van der Waals surface area contributed by atoms with Crippen molar-refractivity contribution in [3.05, 3.63) is 35.4 Å². The molecule has 0 bridgehead atoms. The standard InChI is InChI=1S/C57H100N16O13/c1-8-32(4)11-9-10-12-45(76)64-37(17-23-58)52(81)73-47(35(7)75)57(86)69-40(20-26-61)49(78)68-42-22-28-63-56(85)46(34(6)74)72-53(82)41(21-27-62)66-48(77)38(18-24-59)67-54(83)43(29-31(2)3)70-55(84)44(30-36-15-13-33(5)14-16-36)71-50(79)39(19-25-60)65-51(42)80/h13-16,31-32,34-35,37-44,46-47,74-75H,8-12,17-30,58-62H2,1-7H3,(H,63,85)(H,64,76)(H,65,80)(H,66,77)(H,67,83)(H,68,78)(H,69,86)(H,70,84)(H,71,79)(H,72,82)(H,73,81)/t32-,34+,35+,37-,38-,39-,40-,41-,42-,43-,44+,46-,47-/m0/s1. The Morgan fingerprint density at radius 3 is 1.56 bits per heavy atom. The van der Waals surface area contributed by atoms with Crippen LogP contribution in [0.1, 0.15) is 130 Å². The minimum Gasteiger partial charge on any atom is -0.391 e. The molecule has 29 heteroatoms. The Labute approximate surface area is 504 Å². The van der Waals surface area contributed by atoms with Crippen LogP contribution in [0.15, 0.2) is 24.3 Å². The minimum absolute atomic E-state index is 0.0175. The zero-order chi connectivity index (χ0) is 64.6. The van der Waals surface area contributed by atoms with Gasteiger partial charge in [-0.2, -0.15) is 0 Å². The lowest BCUT2D eigenvalue weighted by Crippen LogP contribution is -2.62. The molecule has 2 rings (SSSR count). The van der Waals surface area contributed by atoms with Gasteiger partial charge in [-0.25, -0.2) is 0 Å². The second kappa shape index (κ2) is 39.7. The van der Waals surface area contributed by atoms with Gasteiger partial charge in [-0.1, -0.05) is 76.8 Å². The number of nitrogens with two attached hydrogens (primary N) is 5. The number of aliphatic hydroxyl groups is 2. The Bertz CT molecular complexity index is 2360. The second-order valence-electron chi connectivity index (χ2n) is 22.5. The highest BCUT2D eigenvalue weighted by Crippen LogP contribution is 2.14. The van der Waals surface area contributed by atoms with Crippen molar-refractivity contribution in [3.63, 3.8) is 0 Å². The van der Waals surface area contributed by atoms with E-state index in [0.717, 1.165) is 24.8 Å². The zero-order valence-electron chi connectivity index (χ0n) is 51.1. The lowest BCUT2D eigenvalue weighted by molar-refractivity contribution is -0.137. The monoisotopic (exact) mass is 1220 g/mol. The molecule has 13 atom stereocenters. The van der Waals surface area contributed by atoms with Crippen molar-refractivity contribution in [1.29, 1.82) is 0 Å². The topological polar surface area (TPSA) is 491 Å². The Morgan fingerprint density at radius 2 is 1.06 bits per heavy atom. The van der Waals surface area contributed by atoms with Crippen LogP contribution in [0.4, 0.5) is 0 Å². The van der Waals surface area contributed by atoms with Gasteiger partial charge in [0.2, 0.25) is 65.0 Å². The number of unbranched alkanes of at least 4 members (excludes halogenated alkanes) is 1. The Kier molecular flexibility index (Phi) is 34.8. The highest BCUT2D eigenvalue weighted by atomic mass is 16.3. The van der Waals surface area contributed by atoms with Crippen molar-refractivity contribution in [3.8, 4) is 0 Å². The summed E-state index contributed by atoms with van der Waals surface area (Å²) in [5.74, 6) is -9.45. The summed E-state index contributed by atoms with van der Waals surface area (Å²) in [5, 5.41) is 49.8. The number of benzene rings is 1. The van der Waals surface area contributed by atoms with E-state index in [1.54, 1.807) is 38.1 Å². The average Bonchev–Trinajstić information content (AvgIpc) is 3.59. The van der Waals surface area contributed by atoms with Gasteiger partial charge in [0.1, 0.15) is 60.4 Å². The van der Waals surface area contributed by atoms with Crippen molar-refractivity contribution in [2.24, 2.45) is 40.5 Å². The molecule has 1 aliphatic rings. The number of aryl methyl sites for hydroxylation is 1. The summed E-state index contributed by atoms with van der Waals surface area (Å²) in [5.41, 5.74) is 30.9. The predicted octanol–water partition coefficient (Wildman–Crippen LogP) is -4.94. The third-order valence-electron chi connectivity index (χ3n) is 14.5. The maximum Gasteiger partial charge on any atom is 0.245 e. The lowest BCUT2D eigenvalue weighted by atomic mass is 9.99. The van der Waals surface area contributed by atoms with Crippen molar-refractivity contribution in [1.82, 2.24) is 58.5 Å². The highest BCUT2D eigenvalue weighted by molar-refractivity contribution is 5.99. The van der Waals surface area contributed by atoms with E-state index >= 15 is 0 Å². The second-order valence-corrected chi connectivity index (χ2v) is 22.5. The molecule has 0 radical (unpaired) electrons. The van der Waals surface area contributed by atoms with Crippen molar-refractivity contribution in [2.75, 3.05) is 39.3 Å². The molecule has 1 aliphatic heterocycles. The SMILES string of the molecule is CC[C@H](C)CCCCC(=O)N[C@@H](CCN)C(=O)N[C@H](C(=O)N[C@@H](CCN)C(=O)N[C@H]1CCNC(=O)[C@H]([C@@H](C)O)NC(=O)[C@H](CCN)NC(=O)[C@H](CCN)NC(=O)[C@H](CC(C)C)NC(=O)[C@@H](Cc2ccc(C)cc2)NC(=O)[C@H](CCN)NC1=O)[C@@H](C)O. The summed E-state index contributed by atoms with van der Waals surface area (Å²) in [7, 11) is 0. The molecule has 1 saturated heterocycles. The van der Waals surface area contributed by atoms with Crippen LogP contribution in [-0.4, -0.2) is 187 Å². The van der Waals surface area contributed by atoms with Gasteiger partial charge in [0.15, 0.2) is 0 Å². The number of hydrogen-bond donors (Lipinski definition) is 18. The molecular weight excluding hydrogens is 1120 g/mol. The highest BCUT2D eigenvalue weighted by Gasteiger charge is 2.37. The van der Waals surface area contributed by atoms with Crippen LogP contribution in [0.5, 0.6) is 0 Å². The maximum absolute atomic E-state index is 14.6. The van der Waals surface area contributed by atoms with E-state index < -0.39 is 151 Å². The average molecular weight is 1220 g/mol. The van der Waals surface area contributed by atoms with Crippen molar-refractivity contribution in [2.45, 2.75) is 205 Å². The molecule has 1 heterocycles. The largest absolute Gasteiger partial charge is 0.391 e. The summed E-state index contributed by atoms with van der Waals surface area (Å²) in [6.07, 6.45) is -1.06. The molecule has 1 aromatic rings. The fraction of sp³-hybridized carbons (Fsp3) is 0.702.